The molecule has 136 valence electrons. The molecule has 4 rings (SSSR count). The van der Waals surface area contributed by atoms with Crippen molar-refractivity contribution >= 4 is 11.5 Å². The third kappa shape index (κ3) is 3.42. The summed E-state index contributed by atoms with van der Waals surface area (Å²) in [5.41, 5.74) is 4.36. The van der Waals surface area contributed by atoms with Gasteiger partial charge in [-0.05, 0) is 24.6 Å². The molecule has 0 saturated carbocycles. The average molecular weight is 354 g/mol. The molecule has 7 heteroatoms. The van der Waals surface area contributed by atoms with Crippen LogP contribution in [0.25, 0.3) is 11.1 Å². The van der Waals surface area contributed by atoms with E-state index < -0.39 is 6.17 Å². The Morgan fingerprint density at radius 3 is 2.73 bits per heavy atom. The first-order chi connectivity index (χ1) is 12.6. The van der Waals surface area contributed by atoms with Crippen molar-refractivity contribution < 1.29 is 4.39 Å². The molecular weight excluding hydrogens is 331 g/mol. The van der Waals surface area contributed by atoms with Gasteiger partial charge in [-0.2, -0.15) is 5.10 Å². The summed E-state index contributed by atoms with van der Waals surface area (Å²) in [6, 6.07) is 6.20. The third-order valence-corrected chi connectivity index (χ3v) is 4.82. The molecule has 1 atom stereocenters. The highest BCUT2D eigenvalue weighted by atomic mass is 19.1. The van der Waals surface area contributed by atoms with Crippen LogP contribution in [0.15, 0.2) is 43.0 Å². The van der Waals surface area contributed by atoms with E-state index in [1.807, 2.05) is 43.7 Å². The lowest BCUT2D eigenvalue weighted by Crippen LogP contribution is -2.20. The van der Waals surface area contributed by atoms with E-state index in [9.17, 15) is 4.39 Å². The van der Waals surface area contributed by atoms with Gasteiger partial charge in [0.05, 0.1) is 25.0 Å². The Hall–Kier alpha value is -2.83. The van der Waals surface area contributed by atoms with Crippen molar-refractivity contribution in [2.24, 2.45) is 14.1 Å². The summed E-state index contributed by atoms with van der Waals surface area (Å²) in [6.07, 6.45) is 7.59. The fourth-order valence-electron chi connectivity index (χ4n) is 3.32. The first-order valence-corrected chi connectivity index (χ1v) is 8.82. The number of hydrogen-bond donors (Lipinski definition) is 1. The number of aryl methyl sites for hydroxylation is 2. The fourth-order valence-corrected chi connectivity index (χ4v) is 3.32. The largest absolute Gasteiger partial charge is 0.377 e. The second kappa shape index (κ2) is 6.82. The maximum absolute atomic E-state index is 13.4. The maximum atomic E-state index is 13.4. The molecule has 0 spiro atoms. The van der Waals surface area contributed by atoms with Gasteiger partial charge in [0.2, 0.25) is 0 Å². The lowest BCUT2D eigenvalue weighted by atomic mass is 10.1. The van der Waals surface area contributed by atoms with E-state index >= 15 is 0 Å². The second-order valence-electron chi connectivity index (χ2n) is 6.82. The molecule has 26 heavy (non-hydrogen) atoms. The van der Waals surface area contributed by atoms with Crippen molar-refractivity contribution in [2.45, 2.75) is 19.1 Å². The van der Waals surface area contributed by atoms with Gasteiger partial charge in [0.15, 0.2) is 0 Å². The van der Waals surface area contributed by atoms with E-state index in [4.69, 9.17) is 0 Å². The molecule has 6 nitrogen and oxygen atoms in total. The van der Waals surface area contributed by atoms with Gasteiger partial charge in [-0.1, -0.05) is 0 Å². The Kier molecular flexibility index (Phi) is 4.36. The molecule has 4 heterocycles. The minimum Gasteiger partial charge on any atom is -0.377 e. The second-order valence-corrected chi connectivity index (χ2v) is 6.82. The number of nitrogens with one attached hydrogen (secondary N) is 1. The Bertz CT molecular complexity index is 882. The van der Waals surface area contributed by atoms with Gasteiger partial charge in [-0.25, -0.2) is 9.37 Å². The monoisotopic (exact) mass is 354 g/mol. The lowest BCUT2D eigenvalue weighted by Gasteiger charge is -2.16. The summed E-state index contributed by atoms with van der Waals surface area (Å²) in [7, 11) is 3.94. The molecule has 1 N–H and O–H groups in total. The normalized spacial score (nSPS) is 17.0. The Labute approximate surface area is 152 Å². The van der Waals surface area contributed by atoms with E-state index in [1.165, 1.54) is 5.69 Å². The quantitative estimate of drug-likeness (QED) is 0.765. The Morgan fingerprint density at radius 2 is 2.08 bits per heavy atom. The Balaban J connectivity index is 1.46. The molecule has 0 unspecified atom stereocenters. The molecule has 0 amide bonds. The maximum Gasteiger partial charge on any atom is 0.128 e. The van der Waals surface area contributed by atoms with Crippen LogP contribution >= 0.6 is 0 Å². The number of alkyl halides is 1. The summed E-state index contributed by atoms with van der Waals surface area (Å²) >= 11 is 0. The van der Waals surface area contributed by atoms with E-state index in [2.05, 4.69) is 38.3 Å². The van der Waals surface area contributed by atoms with E-state index in [1.54, 1.807) is 4.68 Å². The summed E-state index contributed by atoms with van der Waals surface area (Å²) in [5, 5.41) is 7.54. The minimum atomic E-state index is -0.736. The number of halogens is 1. The van der Waals surface area contributed by atoms with Gasteiger partial charge in [0.1, 0.15) is 12.0 Å². The molecule has 0 aromatic carbocycles. The highest BCUT2D eigenvalue weighted by Crippen LogP contribution is 2.25. The van der Waals surface area contributed by atoms with Crippen molar-refractivity contribution in [1.82, 2.24) is 19.3 Å². The van der Waals surface area contributed by atoms with Gasteiger partial charge in [0, 0.05) is 56.1 Å². The number of anilines is 2. The van der Waals surface area contributed by atoms with Crippen LogP contribution in [0.3, 0.4) is 0 Å². The summed E-state index contributed by atoms with van der Waals surface area (Å²) in [6.45, 7) is 1.91. The van der Waals surface area contributed by atoms with Crippen LogP contribution in [0, 0.1) is 0 Å². The summed E-state index contributed by atoms with van der Waals surface area (Å²) < 4.78 is 17.3. The molecule has 3 aromatic heterocycles. The predicted molar refractivity (Wildman–Crippen MR) is 101 cm³/mol. The van der Waals surface area contributed by atoms with Crippen molar-refractivity contribution in [3.8, 4) is 11.1 Å². The Morgan fingerprint density at radius 1 is 1.19 bits per heavy atom. The zero-order valence-electron chi connectivity index (χ0n) is 15.1. The third-order valence-electron chi connectivity index (χ3n) is 4.82. The number of aromatic nitrogens is 4. The average Bonchev–Trinajstić information content (AvgIpc) is 3.34. The lowest BCUT2D eigenvalue weighted by molar-refractivity contribution is 0.364. The van der Waals surface area contributed by atoms with Gasteiger partial charge >= 0.3 is 0 Å². The smallest absolute Gasteiger partial charge is 0.128 e. The van der Waals surface area contributed by atoms with E-state index in [0.29, 0.717) is 13.0 Å². The molecule has 1 aliphatic heterocycles. The summed E-state index contributed by atoms with van der Waals surface area (Å²) in [4.78, 5) is 6.53. The molecule has 0 aliphatic carbocycles. The molecule has 1 aliphatic rings. The van der Waals surface area contributed by atoms with Crippen LogP contribution in [0.4, 0.5) is 15.9 Å². The van der Waals surface area contributed by atoms with E-state index in [-0.39, 0.29) is 0 Å². The number of rotatable bonds is 5. The zero-order chi connectivity index (χ0) is 18.1. The minimum absolute atomic E-state index is 0.446. The van der Waals surface area contributed by atoms with Crippen LogP contribution in [0.5, 0.6) is 0 Å². The number of nitrogens with zero attached hydrogens (tertiary/aromatic N) is 5. The SMILES string of the molecule is Cn1cc(NCc2cc(-c3ccc(N4CC[C@@H](F)C4)nc3)cn2C)cn1. The van der Waals surface area contributed by atoms with E-state index in [0.717, 1.165) is 35.7 Å². The highest BCUT2D eigenvalue weighted by Gasteiger charge is 2.22. The molecule has 1 saturated heterocycles. The summed E-state index contributed by atoms with van der Waals surface area (Å²) in [5.74, 6) is 0.850. The van der Waals surface area contributed by atoms with Crippen LogP contribution in [-0.4, -0.2) is 38.6 Å². The van der Waals surface area contributed by atoms with Gasteiger partial charge in [-0.3, -0.25) is 4.68 Å². The molecule has 0 radical (unpaired) electrons. The topological polar surface area (TPSA) is 50.9 Å². The predicted octanol–water partition coefficient (Wildman–Crippen LogP) is 2.98. The van der Waals surface area contributed by atoms with Gasteiger partial charge in [-0.15, -0.1) is 0 Å². The first kappa shape index (κ1) is 16.6. The standard InChI is InChI=1S/C19H23FN6/c1-24-11-15(7-18(24)10-21-17-9-23-25(2)13-17)14-3-4-19(22-8-14)26-6-5-16(20)12-26/h3-4,7-9,11,13,16,21H,5-6,10,12H2,1-2H3/t16-/m1/s1. The number of pyridine rings is 1. The van der Waals surface area contributed by atoms with Crippen molar-refractivity contribution in [3.05, 3.63) is 48.7 Å². The molecule has 3 aromatic rings. The van der Waals surface area contributed by atoms with Crippen LogP contribution in [-0.2, 0) is 20.6 Å². The van der Waals surface area contributed by atoms with Gasteiger partial charge in [0.25, 0.3) is 0 Å². The molecule has 1 fully saturated rings. The van der Waals surface area contributed by atoms with Gasteiger partial charge < -0.3 is 14.8 Å². The molecular formula is C19H23FN6. The van der Waals surface area contributed by atoms with Crippen LogP contribution < -0.4 is 10.2 Å². The van der Waals surface area contributed by atoms with Crippen molar-refractivity contribution in [3.63, 3.8) is 0 Å². The zero-order valence-corrected chi connectivity index (χ0v) is 15.1. The fraction of sp³-hybridized carbons (Fsp3) is 0.368. The number of hydrogen-bond acceptors (Lipinski definition) is 4. The van der Waals surface area contributed by atoms with Crippen molar-refractivity contribution in [2.75, 3.05) is 23.3 Å². The van der Waals surface area contributed by atoms with Crippen molar-refractivity contribution in [1.29, 1.82) is 0 Å². The first-order valence-electron chi connectivity index (χ1n) is 8.82. The van der Waals surface area contributed by atoms with Crippen LogP contribution in [0.2, 0.25) is 0 Å². The van der Waals surface area contributed by atoms with Crippen LogP contribution in [0.1, 0.15) is 12.1 Å². The highest BCUT2D eigenvalue weighted by molar-refractivity contribution is 5.64. The molecule has 0 bridgehead atoms.